The summed E-state index contributed by atoms with van der Waals surface area (Å²) in [5.74, 6) is 3.80. The molecule has 4 aliphatic rings. The third kappa shape index (κ3) is 1.27. The van der Waals surface area contributed by atoms with Crippen LogP contribution in [0.25, 0.3) is 0 Å². The zero-order valence-corrected chi connectivity index (χ0v) is 9.61. The van der Waals surface area contributed by atoms with Crippen molar-refractivity contribution in [3.63, 3.8) is 0 Å². The summed E-state index contributed by atoms with van der Waals surface area (Å²) in [5.41, 5.74) is 0. The summed E-state index contributed by atoms with van der Waals surface area (Å²) in [6, 6.07) is 0.524. The Labute approximate surface area is 96.4 Å². The molecule has 0 aromatic heterocycles. The summed E-state index contributed by atoms with van der Waals surface area (Å²) in [4.78, 5) is 12.1. The number of carbonyl (C=O) groups excluding carboxylic acids is 1. The van der Waals surface area contributed by atoms with Crippen LogP contribution in [0, 0.1) is 29.6 Å². The second-order valence-electron chi connectivity index (χ2n) is 6.16. The molecule has 1 heterocycles. The number of carbonyl (C=O) groups is 1. The maximum atomic E-state index is 12.1. The molecule has 4 unspecified atom stereocenters. The summed E-state index contributed by atoms with van der Waals surface area (Å²) in [6.07, 6.45) is 5.32. The monoisotopic (exact) mass is 220 g/mol. The van der Waals surface area contributed by atoms with Gasteiger partial charge in [0.25, 0.3) is 0 Å². The zero-order valence-electron chi connectivity index (χ0n) is 9.61. The first-order chi connectivity index (χ1) is 7.86. The Bertz CT molecular complexity index is 308. The predicted octanol–water partition coefficient (Wildman–Crippen LogP) is 0.757. The van der Waals surface area contributed by atoms with Crippen LogP contribution < -0.4 is 10.6 Å². The molecule has 16 heavy (non-hydrogen) atoms. The molecule has 1 aliphatic heterocycles. The van der Waals surface area contributed by atoms with E-state index in [0.29, 0.717) is 17.9 Å². The van der Waals surface area contributed by atoms with Gasteiger partial charge >= 0.3 is 0 Å². The van der Waals surface area contributed by atoms with Gasteiger partial charge in [0.2, 0.25) is 5.91 Å². The zero-order chi connectivity index (χ0) is 10.7. The molecule has 3 heteroatoms. The lowest BCUT2D eigenvalue weighted by molar-refractivity contribution is -0.123. The molecule has 1 saturated heterocycles. The van der Waals surface area contributed by atoms with E-state index < -0.39 is 0 Å². The van der Waals surface area contributed by atoms with Gasteiger partial charge in [-0.25, -0.2) is 0 Å². The molecule has 4 atom stereocenters. The van der Waals surface area contributed by atoms with Crippen LogP contribution in [0.4, 0.5) is 0 Å². The van der Waals surface area contributed by atoms with Gasteiger partial charge in [-0.3, -0.25) is 4.79 Å². The molecule has 2 N–H and O–H groups in total. The van der Waals surface area contributed by atoms with E-state index in [2.05, 4.69) is 10.6 Å². The smallest absolute Gasteiger partial charge is 0.223 e. The van der Waals surface area contributed by atoms with Gasteiger partial charge in [0.05, 0.1) is 0 Å². The van der Waals surface area contributed by atoms with Crippen LogP contribution in [0.2, 0.25) is 0 Å². The highest BCUT2D eigenvalue weighted by molar-refractivity contribution is 5.83. The standard InChI is InChI=1S/C13H20N2O/c16-13(11-7-3-1-2-4-8(7)11)15-12-9-5-14-6-10(9)12/h7-12,14H,1-6H2,(H,15,16). The van der Waals surface area contributed by atoms with Crippen molar-refractivity contribution in [1.82, 2.24) is 10.6 Å². The van der Waals surface area contributed by atoms with Gasteiger partial charge in [-0.2, -0.15) is 0 Å². The maximum absolute atomic E-state index is 12.1. The van der Waals surface area contributed by atoms with Gasteiger partial charge in [0.15, 0.2) is 0 Å². The quantitative estimate of drug-likeness (QED) is 0.721. The van der Waals surface area contributed by atoms with Crippen LogP contribution in [0.1, 0.15) is 25.7 Å². The summed E-state index contributed by atoms with van der Waals surface area (Å²) >= 11 is 0. The van der Waals surface area contributed by atoms with Gasteiger partial charge in [0.1, 0.15) is 0 Å². The first-order valence-electron chi connectivity index (χ1n) is 6.87. The van der Waals surface area contributed by atoms with Gasteiger partial charge in [0, 0.05) is 25.0 Å². The molecule has 3 nitrogen and oxygen atoms in total. The fraction of sp³-hybridized carbons (Fsp3) is 0.923. The van der Waals surface area contributed by atoms with Crippen LogP contribution in [0.5, 0.6) is 0 Å². The van der Waals surface area contributed by atoms with Crippen molar-refractivity contribution >= 4 is 5.91 Å². The molecule has 0 spiro atoms. The number of amides is 1. The van der Waals surface area contributed by atoms with Crippen molar-refractivity contribution in [2.24, 2.45) is 29.6 Å². The third-order valence-corrected chi connectivity index (χ3v) is 5.36. The molecule has 1 amide bonds. The molecule has 0 aromatic rings. The highest BCUT2D eigenvalue weighted by Crippen LogP contribution is 2.56. The van der Waals surface area contributed by atoms with E-state index in [4.69, 9.17) is 0 Å². The number of rotatable bonds is 2. The van der Waals surface area contributed by atoms with Gasteiger partial charge in [-0.15, -0.1) is 0 Å². The molecule has 0 bridgehead atoms. The highest BCUT2D eigenvalue weighted by atomic mass is 16.2. The van der Waals surface area contributed by atoms with Crippen LogP contribution >= 0.6 is 0 Å². The van der Waals surface area contributed by atoms with Crippen molar-refractivity contribution in [3.8, 4) is 0 Å². The second-order valence-corrected chi connectivity index (χ2v) is 6.16. The second kappa shape index (κ2) is 3.22. The Hall–Kier alpha value is -0.570. The molecule has 0 radical (unpaired) electrons. The number of hydrogen-bond donors (Lipinski definition) is 2. The molecule has 3 aliphatic carbocycles. The van der Waals surface area contributed by atoms with E-state index in [1.54, 1.807) is 0 Å². The SMILES string of the molecule is O=C(NC1C2CNCC21)C1C2CCCCC21. The Morgan fingerprint density at radius 2 is 1.62 bits per heavy atom. The fourth-order valence-corrected chi connectivity index (χ4v) is 4.27. The minimum atomic E-state index is 0.385. The summed E-state index contributed by atoms with van der Waals surface area (Å²) < 4.78 is 0. The molecule has 4 fully saturated rings. The lowest BCUT2D eigenvalue weighted by atomic mass is 10.0. The van der Waals surface area contributed by atoms with Crippen LogP contribution in [-0.2, 0) is 4.79 Å². The minimum absolute atomic E-state index is 0.385. The Kier molecular flexibility index (Phi) is 1.90. The van der Waals surface area contributed by atoms with Crippen LogP contribution in [-0.4, -0.2) is 25.0 Å². The maximum Gasteiger partial charge on any atom is 0.223 e. The largest absolute Gasteiger partial charge is 0.352 e. The van der Waals surface area contributed by atoms with Gasteiger partial charge < -0.3 is 10.6 Å². The van der Waals surface area contributed by atoms with Crippen LogP contribution in [0.3, 0.4) is 0 Å². The number of nitrogens with one attached hydrogen (secondary N) is 2. The van der Waals surface area contributed by atoms with Crippen molar-refractivity contribution < 1.29 is 4.79 Å². The molecule has 3 saturated carbocycles. The average Bonchev–Trinajstić information content (AvgIpc) is 3.11. The van der Waals surface area contributed by atoms with E-state index in [-0.39, 0.29) is 0 Å². The lowest BCUT2D eigenvalue weighted by Crippen LogP contribution is -2.34. The Morgan fingerprint density at radius 3 is 2.25 bits per heavy atom. The van der Waals surface area contributed by atoms with E-state index in [9.17, 15) is 4.79 Å². The topological polar surface area (TPSA) is 41.1 Å². The summed E-state index contributed by atoms with van der Waals surface area (Å²) in [7, 11) is 0. The fourth-order valence-electron chi connectivity index (χ4n) is 4.27. The normalized spacial score (nSPS) is 52.8. The first-order valence-corrected chi connectivity index (χ1v) is 6.87. The summed E-state index contributed by atoms with van der Waals surface area (Å²) in [5, 5.41) is 6.66. The molecule has 0 aromatic carbocycles. The average molecular weight is 220 g/mol. The number of piperidine rings is 1. The number of hydrogen-bond acceptors (Lipinski definition) is 2. The lowest BCUT2D eigenvalue weighted by Gasteiger charge is -2.07. The third-order valence-electron chi connectivity index (χ3n) is 5.36. The van der Waals surface area contributed by atoms with Crippen molar-refractivity contribution in [2.45, 2.75) is 31.7 Å². The van der Waals surface area contributed by atoms with Crippen LogP contribution in [0.15, 0.2) is 0 Å². The van der Waals surface area contributed by atoms with E-state index in [0.717, 1.165) is 36.8 Å². The van der Waals surface area contributed by atoms with E-state index in [1.807, 2.05) is 0 Å². The molecule has 88 valence electrons. The van der Waals surface area contributed by atoms with E-state index >= 15 is 0 Å². The minimum Gasteiger partial charge on any atom is -0.352 e. The molecular formula is C13H20N2O. The molecule has 4 rings (SSSR count). The first kappa shape index (κ1) is 9.46. The van der Waals surface area contributed by atoms with E-state index in [1.165, 1.54) is 25.7 Å². The Balaban J connectivity index is 1.34. The highest BCUT2D eigenvalue weighted by Gasteiger charge is 2.58. The predicted molar refractivity (Wildman–Crippen MR) is 60.7 cm³/mol. The van der Waals surface area contributed by atoms with Gasteiger partial charge in [-0.1, -0.05) is 12.8 Å². The van der Waals surface area contributed by atoms with Gasteiger partial charge in [-0.05, 0) is 36.5 Å². The molecular weight excluding hydrogens is 200 g/mol. The van der Waals surface area contributed by atoms with Crippen molar-refractivity contribution in [1.29, 1.82) is 0 Å². The van der Waals surface area contributed by atoms with Crippen molar-refractivity contribution in [2.75, 3.05) is 13.1 Å². The van der Waals surface area contributed by atoms with Crippen molar-refractivity contribution in [3.05, 3.63) is 0 Å². The Morgan fingerprint density at radius 1 is 1.00 bits per heavy atom. The number of fused-ring (bicyclic) bond motifs is 2. The summed E-state index contributed by atoms with van der Waals surface area (Å²) in [6.45, 7) is 2.24.